The number of amides is 1. The highest BCUT2D eigenvalue weighted by Crippen LogP contribution is 2.30. The van der Waals surface area contributed by atoms with Crippen molar-refractivity contribution in [1.82, 2.24) is 5.32 Å². The number of aliphatic imine (C=N–C) groups is 1. The zero-order chi connectivity index (χ0) is 23.0. The average molecular weight is 473 g/mol. The zero-order valence-corrected chi connectivity index (χ0v) is 19.5. The van der Waals surface area contributed by atoms with E-state index in [9.17, 15) is 19.8 Å². The molecule has 1 atom stereocenters. The highest BCUT2D eigenvalue weighted by molar-refractivity contribution is 6.01. The van der Waals surface area contributed by atoms with Crippen LogP contribution in [0.4, 0.5) is 0 Å². The standard InChI is InChI=1S/C25H29N3O4.ClH/c1-2-3-4-11-17-28(19-22(29)30)18-16-26-24(28)27-23(31)25(32,20-12-7-5-8-13-20)21-14-9-6-10-15-21;/h5-10,12-16,18,32H,2-4,11,17,19H2,1H3,(H-,26,27,29,30,31);1H/p+1. The van der Waals surface area contributed by atoms with Crippen LogP contribution in [0.5, 0.6) is 0 Å². The van der Waals surface area contributed by atoms with Crippen LogP contribution in [0.2, 0.25) is 0 Å². The third kappa shape index (κ3) is 5.87. The van der Waals surface area contributed by atoms with E-state index >= 15 is 0 Å². The number of hydrogen-bond acceptors (Lipinski definition) is 4. The van der Waals surface area contributed by atoms with Crippen molar-refractivity contribution in [3.8, 4) is 0 Å². The Bertz CT molecular complexity index is 956. The molecule has 1 aliphatic rings. The maximum atomic E-state index is 13.5. The van der Waals surface area contributed by atoms with Crippen LogP contribution in [0.1, 0.15) is 43.7 Å². The Balaban J connectivity index is 0.00000385. The number of carboxylic acid groups (broad SMARTS) is 1. The third-order valence-corrected chi connectivity index (χ3v) is 5.74. The van der Waals surface area contributed by atoms with Gasteiger partial charge in [-0.05, 0) is 24.0 Å². The fraction of sp³-hybridized carbons (Fsp3) is 0.320. The van der Waals surface area contributed by atoms with Crippen LogP contribution < -0.4 is 5.32 Å². The highest BCUT2D eigenvalue weighted by Gasteiger charge is 2.45. The van der Waals surface area contributed by atoms with Gasteiger partial charge in [0.2, 0.25) is 0 Å². The number of nitrogens with zero attached hydrogens (tertiary/aromatic N) is 2. The van der Waals surface area contributed by atoms with Gasteiger partial charge in [0.05, 0.1) is 12.7 Å². The van der Waals surface area contributed by atoms with E-state index in [0.717, 1.165) is 25.7 Å². The molecule has 3 N–H and O–H groups in total. The van der Waals surface area contributed by atoms with Crippen LogP contribution in [0.25, 0.3) is 0 Å². The van der Waals surface area contributed by atoms with E-state index in [4.69, 9.17) is 0 Å². The van der Waals surface area contributed by atoms with Crippen molar-refractivity contribution in [1.29, 1.82) is 0 Å². The summed E-state index contributed by atoms with van der Waals surface area (Å²) >= 11 is 0. The van der Waals surface area contributed by atoms with E-state index < -0.39 is 17.5 Å². The Morgan fingerprint density at radius 1 is 0.970 bits per heavy atom. The van der Waals surface area contributed by atoms with Gasteiger partial charge in [0, 0.05) is 0 Å². The van der Waals surface area contributed by atoms with Crippen molar-refractivity contribution in [2.45, 2.75) is 38.2 Å². The molecule has 7 nitrogen and oxygen atoms in total. The molecule has 176 valence electrons. The average Bonchev–Trinajstić information content (AvgIpc) is 3.18. The van der Waals surface area contributed by atoms with Gasteiger partial charge < -0.3 is 10.2 Å². The van der Waals surface area contributed by atoms with E-state index in [2.05, 4.69) is 17.2 Å². The third-order valence-electron chi connectivity index (χ3n) is 5.74. The lowest BCUT2D eigenvalue weighted by Gasteiger charge is -2.33. The van der Waals surface area contributed by atoms with Crippen LogP contribution in [0.3, 0.4) is 0 Å². The molecule has 0 aromatic heterocycles. The lowest BCUT2D eigenvalue weighted by molar-refractivity contribution is -0.780. The molecule has 8 heteroatoms. The van der Waals surface area contributed by atoms with Gasteiger partial charge in [-0.15, -0.1) is 12.4 Å². The lowest BCUT2D eigenvalue weighted by atomic mass is 9.85. The van der Waals surface area contributed by atoms with E-state index in [1.807, 2.05) is 12.1 Å². The number of carboxylic acids is 1. The summed E-state index contributed by atoms with van der Waals surface area (Å²) in [6.07, 6.45) is 7.08. The van der Waals surface area contributed by atoms with Gasteiger partial charge in [0.1, 0.15) is 6.20 Å². The van der Waals surface area contributed by atoms with Gasteiger partial charge in [-0.3, -0.25) is 10.1 Å². The van der Waals surface area contributed by atoms with E-state index in [1.54, 1.807) is 54.7 Å². The summed E-state index contributed by atoms with van der Waals surface area (Å²) in [7, 11) is 0. The molecule has 33 heavy (non-hydrogen) atoms. The maximum Gasteiger partial charge on any atom is 0.360 e. The molecular weight excluding hydrogens is 442 g/mol. The molecule has 1 aliphatic heterocycles. The molecular formula is C25H31ClN3O4+. The van der Waals surface area contributed by atoms with Crippen LogP contribution in [0.15, 0.2) is 78.1 Å². The molecule has 0 aliphatic carbocycles. The van der Waals surface area contributed by atoms with Crippen molar-refractivity contribution in [2.75, 3.05) is 13.1 Å². The van der Waals surface area contributed by atoms with Crippen molar-refractivity contribution in [3.63, 3.8) is 0 Å². The minimum atomic E-state index is -1.96. The van der Waals surface area contributed by atoms with Crippen molar-refractivity contribution in [3.05, 3.63) is 84.2 Å². The number of quaternary nitrogens is 1. The van der Waals surface area contributed by atoms with E-state index in [-0.39, 0.29) is 29.4 Å². The number of hydrogen-bond donors (Lipinski definition) is 3. The van der Waals surface area contributed by atoms with Gasteiger partial charge in [0.15, 0.2) is 12.1 Å². The predicted molar refractivity (Wildman–Crippen MR) is 130 cm³/mol. The maximum absolute atomic E-state index is 13.5. The largest absolute Gasteiger partial charge is 0.477 e. The number of unbranched alkanes of at least 4 members (excludes halogenated alkanes) is 3. The summed E-state index contributed by atoms with van der Waals surface area (Å²) < 4.78 is -0.0928. The second-order valence-electron chi connectivity index (χ2n) is 8.02. The first kappa shape index (κ1) is 26.3. The van der Waals surface area contributed by atoms with Crippen molar-refractivity contribution >= 4 is 30.2 Å². The molecule has 0 saturated heterocycles. The molecule has 0 radical (unpaired) electrons. The topological polar surface area (TPSA) is 99.0 Å². The second-order valence-corrected chi connectivity index (χ2v) is 8.02. The number of aliphatic hydroxyl groups is 1. The molecule has 3 rings (SSSR count). The summed E-state index contributed by atoms with van der Waals surface area (Å²) in [6, 6.07) is 17.4. The van der Waals surface area contributed by atoms with Crippen LogP contribution >= 0.6 is 12.4 Å². The second kappa shape index (κ2) is 11.7. The number of nitrogens with one attached hydrogen (secondary N) is 1. The Labute approximate surface area is 200 Å². The normalized spacial score (nSPS) is 17.2. The number of guanidine groups is 1. The van der Waals surface area contributed by atoms with Crippen LogP contribution in [0, 0.1) is 0 Å². The van der Waals surface area contributed by atoms with Crippen LogP contribution in [-0.2, 0) is 15.2 Å². The first-order valence-electron chi connectivity index (χ1n) is 10.9. The minimum Gasteiger partial charge on any atom is -0.477 e. The van der Waals surface area contributed by atoms with Gasteiger partial charge in [-0.25, -0.2) is 9.28 Å². The smallest absolute Gasteiger partial charge is 0.360 e. The van der Waals surface area contributed by atoms with Gasteiger partial charge in [-0.1, -0.05) is 80.4 Å². The molecule has 1 unspecified atom stereocenters. The predicted octanol–water partition coefficient (Wildman–Crippen LogP) is 3.78. The molecule has 1 amide bonds. The molecule has 0 fully saturated rings. The molecule has 0 saturated carbocycles. The summed E-state index contributed by atoms with van der Waals surface area (Å²) in [4.78, 5) is 29.5. The Hall–Kier alpha value is -3.00. The Morgan fingerprint density at radius 3 is 2.06 bits per heavy atom. The molecule has 0 spiro atoms. The van der Waals surface area contributed by atoms with Crippen LogP contribution in [-0.4, -0.2) is 45.6 Å². The molecule has 1 heterocycles. The first-order chi connectivity index (χ1) is 15.4. The summed E-state index contributed by atoms with van der Waals surface area (Å²) in [5, 5.41) is 24.0. The zero-order valence-electron chi connectivity index (χ0n) is 18.7. The monoisotopic (exact) mass is 472 g/mol. The number of halogens is 1. The number of benzene rings is 2. The SMILES string of the molecule is CCCCCC[N+]1(CC(=O)O)C=CN=C1NC(=O)C(O)(c1ccccc1)c1ccccc1.Cl. The number of carbonyl (C=O) groups is 2. The fourth-order valence-electron chi connectivity index (χ4n) is 3.99. The molecule has 2 aromatic carbocycles. The van der Waals surface area contributed by atoms with E-state index in [0.29, 0.717) is 17.7 Å². The first-order valence-corrected chi connectivity index (χ1v) is 10.9. The number of rotatable bonds is 10. The summed E-state index contributed by atoms with van der Waals surface area (Å²) in [5.74, 6) is -1.46. The summed E-state index contributed by atoms with van der Waals surface area (Å²) in [5.41, 5.74) is -1.14. The summed E-state index contributed by atoms with van der Waals surface area (Å²) in [6.45, 7) is 2.37. The van der Waals surface area contributed by atoms with Gasteiger partial charge in [-0.2, -0.15) is 4.99 Å². The van der Waals surface area contributed by atoms with Crippen molar-refractivity contribution in [2.24, 2.45) is 4.99 Å². The Morgan fingerprint density at radius 2 is 1.55 bits per heavy atom. The minimum absolute atomic E-state index is 0. The number of aliphatic carboxylic acids is 1. The Kier molecular flexibility index (Phi) is 9.34. The number of carbonyl (C=O) groups excluding carboxylic acids is 1. The van der Waals surface area contributed by atoms with Crippen molar-refractivity contribution < 1.29 is 24.3 Å². The van der Waals surface area contributed by atoms with Gasteiger partial charge in [0.25, 0.3) is 5.91 Å². The lowest BCUT2D eigenvalue weighted by Crippen LogP contribution is -2.59. The molecule has 2 aromatic rings. The highest BCUT2D eigenvalue weighted by atomic mass is 35.5. The quantitative estimate of drug-likeness (QED) is 0.362. The fourth-order valence-corrected chi connectivity index (χ4v) is 3.99. The molecule has 0 bridgehead atoms. The van der Waals surface area contributed by atoms with E-state index in [1.165, 1.54) is 6.20 Å². The van der Waals surface area contributed by atoms with Gasteiger partial charge >= 0.3 is 11.9 Å².